The summed E-state index contributed by atoms with van der Waals surface area (Å²) in [6, 6.07) is 16.0. The van der Waals surface area contributed by atoms with E-state index >= 15 is 0 Å². The number of anilines is 1. The van der Waals surface area contributed by atoms with Crippen molar-refractivity contribution in [1.82, 2.24) is 9.78 Å². The molecule has 1 aliphatic rings. The minimum absolute atomic E-state index is 0.335. The monoisotopic (exact) mass is 381 g/mol. The predicted molar refractivity (Wildman–Crippen MR) is 101 cm³/mol. The second kappa shape index (κ2) is 6.89. The maximum Gasteiger partial charge on any atom is 0.339 e. The Labute approximate surface area is 160 Å². The van der Waals surface area contributed by atoms with Gasteiger partial charge in [-0.05, 0) is 42.8 Å². The number of ether oxygens (including phenoxy) is 1. The lowest BCUT2D eigenvalue weighted by Crippen LogP contribution is -2.38. The minimum atomic E-state index is -0.888. The van der Waals surface area contributed by atoms with Crippen LogP contribution >= 0.6 is 11.6 Å². The molecule has 1 amide bonds. The molecule has 6 nitrogen and oxygen atoms in total. The molecule has 1 atom stereocenters. The predicted octanol–water partition coefficient (Wildman–Crippen LogP) is 3.55. The second-order valence-corrected chi connectivity index (χ2v) is 6.74. The number of hydrogen-bond acceptors (Lipinski definition) is 4. The zero-order valence-corrected chi connectivity index (χ0v) is 15.2. The van der Waals surface area contributed by atoms with Crippen LogP contribution in [0.5, 0.6) is 0 Å². The molecule has 3 aromatic rings. The van der Waals surface area contributed by atoms with Crippen LogP contribution in [-0.4, -0.2) is 27.8 Å². The van der Waals surface area contributed by atoms with Gasteiger partial charge in [0.1, 0.15) is 5.82 Å². The lowest BCUT2D eigenvalue weighted by atomic mass is 9.98. The maximum atomic E-state index is 12.7. The Morgan fingerprint density at radius 2 is 1.96 bits per heavy atom. The van der Waals surface area contributed by atoms with Crippen LogP contribution in [0, 0.1) is 6.92 Å². The fraction of sp³-hybridized carbons (Fsp3) is 0.150. The number of rotatable bonds is 3. The van der Waals surface area contributed by atoms with E-state index in [0.29, 0.717) is 22.8 Å². The van der Waals surface area contributed by atoms with E-state index in [1.165, 1.54) is 0 Å². The van der Waals surface area contributed by atoms with Gasteiger partial charge in [-0.15, -0.1) is 0 Å². The molecule has 27 heavy (non-hydrogen) atoms. The molecule has 4 rings (SSSR count). The van der Waals surface area contributed by atoms with Crippen molar-refractivity contribution in [2.75, 3.05) is 5.32 Å². The third kappa shape index (κ3) is 3.44. The van der Waals surface area contributed by atoms with E-state index < -0.39 is 18.0 Å². The van der Waals surface area contributed by atoms with E-state index in [9.17, 15) is 9.59 Å². The number of esters is 1. The van der Waals surface area contributed by atoms with Crippen molar-refractivity contribution in [3.63, 3.8) is 0 Å². The fourth-order valence-electron chi connectivity index (χ4n) is 3.05. The zero-order valence-electron chi connectivity index (χ0n) is 14.5. The van der Waals surface area contributed by atoms with Crippen LogP contribution < -0.4 is 5.32 Å². The first-order valence-electron chi connectivity index (χ1n) is 8.43. The molecule has 0 aliphatic carbocycles. The standard InChI is InChI=1S/C20H16ClN3O3/c1-12-10-18(24(23-12)15-8-6-14(21)7-9-15)22-19(25)17-11-13-4-2-3-5-16(13)20(26)27-17/h2-10,17H,11H2,1H3,(H,22,25). The molecule has 1 N–H and O–H groups in total. The van der Waals surface area contributed by atoms with Gasteiger partial charge in [-0.25, -0.2) is 9.48 Å². The molecular formula is C20H16ClN3O3. The topological polar surface area (TPSA) is 73.2 Å². The van der Waals surface area contributed by atoms with Gasteiger partial charge >= 0.3 is 5.97 Å². The molecule has 0 saturated carbocycles. The number of nitrogens with one attached hydrogen (secondary N) is 1. The van der Waals surface area contributed by atoms with Crippen molar-refractivity contribution in [3.8, 4) is 5.69 Å². The number of aromatic nitrogens is 2. The summed E-state index contributed by atoms with van der Waals surface area (Å²) in [6.45, 7) is 1.83. The van der Waals surface area contributed by atoms with E-state index in [0.717, 1.165) is 16.9 Å². The Hall–Kier alpha value is -3.12. The summed E-state index contributed by atoms with van der Waals surface area (Å²) < 4.78 is 6.93. The first-order chi connectivity index (χ1) is 13.0. The third-order valence-electron chi connectivity index (χ3n) is 4.34. The highest BCUT2D eigenvalue weighted by Gasteiger charge is 2.31. The van der Waals surface area contributed by atoms with Gasteiger partial charge in [-0.1, -0.05) is 29.8 Å². The lowest BCUT2D eigenvalue weighted by molar-refractivity contribution is -0.125. The highest BCUT2D eigenvalue weighted by atomic mass is 35.5. The molecule has 0 bridgehead atoms. The van der Waals surface area contributed by atoms with Crippen LogP contribution in [0.4, 0.5) is 5.82 Å². The fourth-order valence-corrected chi connectivity index (χ4v) is 3.18. The largest absolute Gasteiger partial charge is 0.448 e. The molecule has 0 saturated heterocycles. The number of hydrogen-bond donors (Lipinski definition) is 1. The van der Waals surface area contributed by atoms with Crippen molar-refractivity contribution < 1.29 is 14.3 Å². The molecule has 1 aliphatic heterocycles. The lowest BCUT2D eigenvalue weighted by Gasteiger charge is -2.23. The Morgan fingerprint density at radius 3 is 2.74 bits per heavy atom. The van der Waals surface area contributed by atoms with E-state index in [1.807, 2.05) is 19.1 Å². The summed E-state index contributed by atoms with van der Waals surface area (Å²) in [6.07, 6.45) is -0.553. The zero-order chi connectivity index (χ0) is 19.0. The average molecular weight is 382 g/mol. The summed E-state index contributed by atoms with van der Waals surface area (Å²) in [7, 11) is 0. The number of aryl methyl sites for hydroxylation is 1. The van der Waals surface area contributed by atoms with Crippen LogP contribution in [-0.2, 0) is 16.0 Å². The molecule has 2 heterocycles. The van der Waals surface area contributed by atoms with E-state index in [1.54, 1.807) is 47.1 Å². The number of fused-ring (bicyclic) bond motifs is 1. The van der Waals surface area contributed by atoms with Crippen molar-refractivity contribution in [3.05, 3.63) is 76.4 Å². The molecule has 1 aromatic heterocycles. The Bertz CT molecular complexity index is 1030. The number of benzene rings is 2. The first-order valence-corrected chi connectivity index (χ1v) is 8.81. The number of carbonyl (C=O) groups excluding carboxylic acids is 2. The number of halogens is 1. The summed E-state index contributed by atoms with van der Waals surface area (Å²) in [5.41, 5.74) is 2.81. The third-order valence-corrected chi connectivity index (χ3v) is 4.59. The van der Waals surface area contributed by atoms with Crippen LogP contribution in [0.15, 0.2) is 54.6 Å². The number of carbonyl (C=O) groups is 2. The summed E-state index contributed by atoms with van der Waals surface area (Å²) in [5.74, 6) is -0.387. The van der Waals surface area contributed by atoms with Gasteiger partial charge in [0, 0.05) is 17.5 Å². The summed E-state index contributed by atoms with van der Waals surface area (Å²) >= 11 is 5.94. The van der Waals surface area contributed by atoms with Gasteiger partial charge in [0.05, 0.1) is 16.9 Å². The highest BCUT2D eigenvalue weighted by Crippen LogP contribution is 2.23. The molecule has 7 heteroatoms. The van der Waals surface area contributed by atoms with Gasteiger partial charge in [0.2, 0.25) is 0 Å². The minimum Gasteiger partial charge on any atom is -0.448 e. The number of amides is 1. The van der Waals surface area contributed by atoms with Crippen LogP contribution in [0.3, 0.4) is 0 Å². The Morgan fingerprint density at radius 1 is 1.22 bits per heavy atom. The van der Waals surface area contributed by atoms with Crippen LogP contribution in [0.25, 0.3) is 5.69 Å². The Balaban J connectivity index is 1.57. The summed E-state index contributed by atoms with van der Waals surface area (Å²) in [4.78, 5) is 24.9. The summed E-state index contributed by atoms with van der Waals surface area (Å²) in [5, 5.41) is 7.84. The van der Waals surface area contributed by atoms with Crippen molar-refractivity contribution in [2.45, 2.75) is 19.4 Å². The van der Waals surface area contributed by atoms with Gasteiger partial charge in [-0.2, -0.15) is 5.10 Å². The average Bonchev–Trinajstić information content (AvgIpc) is 3.02. The van der Waals surface area contributed by atoms with Gasteiger partial charge < -0.3 is 10.1 Å². The van der Waals surface area contributed by atoms with Crippen molar-refractivity contribution in [1.29, 1.82) is 0 Å². The molecular weight excluding hydrogens is 366 g/mol. The molecule has 0 spiro atoms. The SMILES string of the molecule is Cc1cc(NC(=O)C2Cc3ccccc3C(=O)O2)n(-c2ccc(Cl)cc2)n1. The van der Waals surface area contributed by atoms with E-state index in [4.69, 9.17) is 16.3 Å². The number of cyclic esters (lactones) is 1. The van der Waals surface area contributed by atoms with Crippen molar-refractivity contribution in [2.24, 2.45) is 0 Å². The van der Waals surface area contributed by atoms with Gasteiger partial charge in [0.25, 0.3) is 5.91 Å². The highest BCUT2D eigenvalue weighted by molar-refractivity contribution is 6.30. The molecule has 1 unspecified atom stereocenters. The normalized spacial score (nSPS) is 15.8. The van der Waals surface area contributed by atoms with E-state index in [2.05, 4.69) is 10.4 Å². The molecule has 2 aromatic carbocycles. The van der Waals surface area contributed by atoms with E-state index in [-0.39, 0.29) is 0 Å². The molecule has 0 radical (unpaired) electrons. The van der Waals surface area contributed by atoms with Crippen LogP contribution in [0.1, 0.15) is 21.6 Å². The maximum absolute atomic E-state index is 12.7. The first kappa shape index (κ1) is 17.3. The molecule has 0 fully saturated rings. The smallest absolute Gasteiger partial charge is 0.339 e. The second-order valence-electron chi connectivity index (χ2n) is 6.30. The number of nitrogens with zero attached hydrogens (tertiary/aromatic N) is 2. The van der Waals surface area contributed by atoms with Crippen molar-refractivity contribution >= 4 is 29.3 Å². The van der Waals surface area contributed by atoms with Gasteiger partial charge in [-0.3, -0.25) is 4.79 Å². The Kier molecular flexibility index (Phi) is 4.41. The molecule has 136 valence electrons. The van der Waals surface area contributed by atoms with Crippen LogP contribution in [0.2, 0.25) is 5.02 Å². The van der Waals surface area contributed by atoms with Gasteiger partial charge in [0.15, 0.2) is 6.10 Å². The quantitative estimate of drug-likeness (QED) is 0.704.